The molecule has 9 nitrogen and oxygen atoms in total. The second kappa shape index (κ2) is 23.0. The fourth-order valence-electron chi connectivity index (χ4n) is 10.1. The summed E-state index contributed by atoms with van der Waals surface area (Å²) in [5.41, 5.74) is 8.89. The van der Waals surface area contributed by atoms with Crippen molar-refractivity contribution in [2.24, 2.45) is 0 Å². The molecule has 0 fully saturated rings. The smallest absolute Gasteiger partial charge is 0.299 e. The Morgan fingerprint density at radius 2 is 0.778 bits per heavy atom. The van der Waals surface area contributed by atoms with E-state index in [-0.39, 0.29) is 77.3 Å². The van der Waals surface area contributed by atoms with Crippen LogP contribution in [0.3, 0.4) is 0 Å². The first-order valence-electron chi connectivity index (χ1n) is 23.4. The molecule has 13 heteroatoms. The Hall–Kier alpha value is -7.67. The molecule has 0 bridgehead atoms. The summed E-state index contributed by atoms with van der Waals surface area (Å²) in [5.74, 6) is 4.92. The van der Waals surface area contributed by atoms with E-state index in [0.29, 0.717) is 12.8 Å². The van der Waals surface area contributed by atoms with Crippen LogP contribution >= 0.6 is 11.6 Å². The molecule has 3 heterocycles. The number of halogens is 4. The molecule has 0 radical (unpaired) electrons. The third kappa shape index (κ3) is 11.1. The molecule has 0 saturated heterocycles. The summed E-state index contributed by atoms with van der Waals surface area (Å²) in [5, 5.41) is 0. The topological polar surface area (TPSA) is 88.6 Å². The van der Waals surface area contributed by atoms with Crippen molar-refractivity contribution in [3.8, 4) is 41.9 Å². The molecular weight excluding hydrogens is 939 g/mol. The number of nitrogens with zero attached hydrogens (tertiary/aromatic N) is 3. The highest BCUT2D eigenvalue weighted by Gasteiger charge is 2.39. The number of ether oxygens (including phenoxy) is 3. The van der Waals surface area contributed by atoms with Gasteiger partial charge in [-0.15, -0.1) is 24.4 Å². The van der Waals surface area contributed by atoms with Crippen molar-refractivity contribution in [1.82, 2.24) is 14.7 Å². The van der Waals surface area contributed by atoms with Crippen LogP contribution < -0.4 is 14.2 Å². The normalized spacial score (nSPS) is 19.5. The van der Waals surface area contributed by atoms with E-state index in [4.69, 9.17) is 38.7 Å². The van der Waals surface area contributed by atoms with Crippen molar-refractivity contribution in [1.29, 1.82) is 0 Å². The number of benzene rings is 6. The van der Waals surface area contributed by atoms with E-state index in [2.05, 4.69) is 11.8 Å². The van der Waals surface area contributed by atoms with Gasteiger partial charge in [-0.1, -0.05) is 54.6 Å². The first kappa shape index (κ1) is 52.2. The lowest BCUT2D eigenvalue weighted by molar-refractivity contribution is -0.133. The Balaban J connectivity index is 0.000000158. The standard InChI is InChI=1S/2C20H18FNO2.C19H19ClFNO2/c2*1-4-19(23)22-13(2)11-15-12-17(24-3)9-10-18(15)20(22)14-5-7-16(21)8-6-14;1-12-9-14-10-16(24-2)7-8-17(14)19(22(12)18(23)11-20)13-3-5-15(21)6-4-13/h2*1,5-10,12-13,20H,11H2,2-3H3;3-8,10,12,19H,9,11H2,1-2H3/t13-,20+;13-,20-;12-,19-/m000/s1. The maximum atomic E-state index is 13.3. The summed E-state index contributed by atoms with van der Waals surface area (Å²) >= 11 is 5.83. The van der Waals surface area contributed by atoms with Gasteiger partial charge in [-0.2, -0.15) is 0 Å². The van der Waals surface area contributed by atoms with E-state index < -0.39 is 0 Å². The first-order chi connectivity index (χ1) is 34.6. The molecule has 0 saturated carbocycles. The molecule has 0 spiro atoms. The number of rotatable bonds is 7. The number of alkyl halides is 1. The summed E-state index contributed by atoms with van der Waals surface area (Å²) in [6.45, 7) is 5.94. The highest BCUT2D eigenvalue weighted by molar-refractivity contribution is 6.27. The van der Waals surface area contributed by atoms with E-state index in [9.17, 15) is 27.6 Å². The Kier molecular flexibility index (Phi) is 16.7. The number of carbonyl (C=O) groups is 3. The van der Waals surface area contributed by atoms with Crippen LogP contribution in [0.2, 0.25) is 0 Å². The average Bonchev–Trinajstić information content (AvgIpc) is 3.39. The Morgan fingerprint density at radius 3 is 1.04 bits per heavy atom. The minimum atomic E-state index is -0.363. The zero-order valence-electron chi connectivity index (χ0n) is 40.9. The molecule has 9 rings (SSSR count). The lowest BCUT2D eigenvalue weighted by Gasteiger charge is -2.42. The van der Waals surface area contributed by atoms with Gasteiger partial charge in [0.2, 0.25) is 5.91 Å². The Bertz CT molecular complexity index is 2870. The van der Waals surface area contributed by atoms with E-state index in [1.165, 1.54) is 36.4 Å². The van der Waals surface area contributed by atoms with Crippen molar-refractivity contribution in [3.05, 3.63) is 195 Å². The van der Waals surface area contributed by atoms with Crippen molar-refractivity contribution < 1.29 is 41.8 Å². The van der Waals surface area contributed by atoms with Crippen LogP contribution in [0, 0.1) is 42.1 Å². The maximum absolute atomic E-state index is 13.3. The van der Waals surface area contributed by atoms with Crippen LogP contribution in [0.15, 0.2) is 127 Å². The van der Waals surface area contributed by atoms with Crippen LogP contribution in [-0.4, -0.2) is 77.8 Å². The number of carbonyl (C=O) groups excluding carboxylic acids is 3. The second-order valence-electron chi connectivity index (χ2n) is 17.9. The molecule has 6 aromatic carbocycles. The Morgan fingerprint density at radius 1 is 0.500 bits per heavy atom. The Labute approximate surface area is 424 Å². The van der Waals surface area contributed by atoms with Gasteiger partial charge in [-0.25, -0.2) is 13.2 Å². The average molecular weight is 995 g/mol. The number of terminal acetylenes is 2. The van der Waals surface area contributed by atoms with Gasteiger partial charge in [-0.05, 0) is 175 Å². The van der Waals surface area contributed by atoms with Crippen LogP contribution in [0.25, 0.3) is 0 Å². The SMILES string of the molecule is C#CC(=O)N1[C@@H](c2ccc(F)cc2)c2ccc(OC)cc2C[C@@H]1C.C#CC(=O)N1[C@H](c2ccc(F)cc2)c2ccc(OC)cc2C[C@@H]1C.COc1ccc2c(c1)C[C@H](C)N(C(=O)CCl)[C@H]2c1ccc(F)cc1. The zero-order valence-corrected chi connectivity index (χ0v) is 41.6. The fraction of sp³-hybridized carbons (Fsp3) is 0.271. The number of hydrogen-bond donors (Lipinski definition) is 0. The van der Waals surface area contributed by atoms with Crippen LogP contribution in [0.1, 0.15) is 89.0 Å². The molecule has 0 aromatic heterocycles. The summed E-state index contributed by atoms with van der Waals surface area (Å²) in [4.78, 5) is 42.4. The van der Waals surface area contributed by atoms with Gasteiger partial charge in [0, 0.05) is 18.1 Å². The third-order valence-electron chi connectivity index (χ3n) is 13.4. The summed E-state index contributed by atoms with van der Waals surface area (Å²) < 4.78 is 55.9. The number of hydrogen-bond acceptors (Lipinski definition) is 6. The number of fused-ring (bicyclic) bond motifs is 3. The van der Waals surface area contributed by atoms with E-state index in [0.717, 1.165) is 73.7 Å². The van der Waals surface area contributed by atoms with Crippen molar-refractivity contribution in [2.75, 3.05) is 27.2 Å². The quantitative estimate of drug-likeness (QED) is 0.117. The molecular formula is C59H55ClF3N3O6. The van der Waals surface area contributed by atoms with Gasteiger partial charge in [0.1, 0.15) is 40.6 Å². The largest absolute Gasteiger partial charge is 0.497 e. The van der Waals surface area contributed by atoms with Gasteiger partial charge in [0.25, 0.3) is 11.8 Å². The van der Waals surface area contributed by atoms with Crippen LogP contribution in [-0.2, 0) is 33.6 Å². The van der Waals surface area contributed by atoms with Gasteiger partial charge < -0.3 is 28.9 Å². The molecule has 6 atom stereocenters. The lowest BCUT2D eigenvalue weighted by Crippen LogP contribution is -2.47. The van der Waals surface area contributed by atoms with Gasteiger partial charge in [0.15, 0.2) is 0 Å². The zero-order chi connectivity index (χ0) is 51.8. The molecule has 0 unspecified atom stereocenters. The third-order valence-corrected chi connectivity index (χ3v) is 13.6. The minimum Gasteiger partial charge on any atom is -0.497 e. The maximum Gasteiger partial charge on any atom is 0.299 e. The van der Waals surface area contributed by atoms with Crippen molar-refractivity contribution in [3.63, 3.8) is 0 Å². The summed E-state index contributed by atoms with van der Waals surface area (Å²) in [7, 11) is 4.88. The predicted octanol–water partition coefficient (Wildman–Crippen LogP) is 10.6. The highest BCUT2D eigenvalue weighted by Crippen LogP contribution is 2.42. The van der Waals surface area contributed by atoms with Crippen LogP contribution in [0.4, 0.5) is 13.2 Å². The lowest BCUT2D eigenvalue weighted by atomic mass is 9.85. The minimum absolute atomic E-state index is 0.00842. The van der Waals surface area contributed by atoms with Crippen molar-refractivity contribution >= 4 is 29.3 Å². The molecule has 0 N–H and O–H groups in total. The van der Waals surface area contributed by atoms with E-state index in [1.807, 2.05) is 75.4 Å². The van der Waals surface area contributed by atoms with Crippen molar-refractivity contribution in [2.45, 2.75) is 76.3 Å². The molecule has 0 aliphatic carbocycles. The monoisotopic (exact) mass is 993 g/mol. The number of amides is 3. The molecule has 72 heavy (non-hydrogen) atoms. The second-order valence-corrected chi connectivity index (χ2v) is 18.1. The highest BCUT2D eigenvalue weighted by atomic mass is 35.5. The van der Waals surface area contributed by atoms with E-state index in [1.54, 1.807) is 72.4 Å². The van der Waals surface area contributed by atoms with E-state index >= 15 is 0 Å². The number of methoxy groups -OCH3 is 3. The predicted molar refractivity (Wildman–Crippen MR) is 272 cm³/mol. The molecule has 3 aliphatic rings. The summed E-state index contributed by atoms with van der Waals surface area (Å²) in [6, 6.07) is 35.0. The van der Waals surface area contributed by atoms with Gasteiger partial charge in [-0.3, -0.25) is 14.4 Å². The summed E-state index contributed by atoms with van der Waals surface area (Å²) in [6.07, 6.45) is 12.9. The first-order valence-corrected chi connectivity index (χ1v) is 23.9. The molecule has 370 valence electrons. The van der Waals surface area contributed by atoms with Gasteiger partial charge in [0.05, 0.1) is 39.5 Å². The molecule has 6 aromatic rings. The molecule has 3 amide bonds. The molecule has 3 aliphatic heterocycles. The van der Waals surface area contributed by atoms with Crippen LogP contribution in [0.5, 0.6) is 17.2 Å². The fourth-order valence-corrected chi connectivity index (χ4v) is 10.3. The van der Waals surface area contributed by atoms with Gasteiger partial charge >= 0.3 is 0 Å².